The SMILES string of the molecule is CNSc1cccc(Nc2cc(Nc3ccc(C(=O)NCCCOC)cc3)ncn2)c1. The molecular formula is C22H26N6O2S. The van der Waals surface area contributed by atoms with Gasteiger partial charge >= 0.3 is 0 Å². The van der Waals surface area contributed by atoms with Crippen LogP contribution in [0.5, 0.6) is 0 Å². The van der Waals surface area contributed by atoms with E-state index in [0.717, 1.165) is 22.7 Å². The third-order valence-corrected chi connectivity index (χ3v) is 4.92. The van der Waals surface area contributed by atoms with Gasteiger partial charge in [0.1, 0.15) is 18.0 Å². The molecule has 0 radical (unpaired) electrons. The maximum absolute atomic E-state index is 12.2. The zero-order valence-electron chi connectivity index (χ0n) is 17.5. The highest BCUT2D eigenvalue weighted by atomic mass is 32.2. The van der Waals surface area contributed by atoms with E-state index in [1.165, 1.54) is 6.33 Å². The first kappa shape index (κ1) is 22.5. The lowest BCUT2D eigenvalue weighted by atomic mass is 10.2. The highest BCUT2D eigenvalue weighted by Crippen LogP contribution is 2.23. The van der Waals surface area contributed by atoms with Crippen molar-refractivity contribution in [2.45, 2.75) is 11.3 Å². The molecule has 1 heterocycles. The summed E-state index contributed by atoms with van der Waals surface area (Å²) >= 11 is 1.55. The van der Waals surface area contributed by atoms with Gasteiger partial charge in [-0.25, -0.2) is 9.97 Å². The number of benzene rings is 2. The molecule has 0 fully saturated rings. The molecule has 162 valence electrons. The van der Waals surface area contributed by atoms with Crippen LogP contribution in [-0.4, -0.2) is 43.2 Å². The monoisotopic (exact) mass is 438 g/mol. The fourth-order valence-corrected chi connectivity index (χ4v) is 3.34. The number of nitrogens with zero attached hydrogens (tertiary/aromatic N) is 2. The third-order valence-electron chi connectivity index (χ3n) is 4.22. The zero-order chi connectivity index (χ0) is 21.9. The number of hydrogen-bond acceptors (Lipinski definition) is 8. The Bertz CT molecular complexity index is 984. The Balaban J connectivity index is 1.59. The molecule has 0 bridgehead atoms. The van der Waals surface area contributed by atoms with E-state index in [0.29, 0.717) is 30.4 Å². The lowest BCUT2D eigenvalue weighted by Crippen LogP contribution is -2.25. The average molecular weight is 439 g/mol. The molecule has 3 aromatic rings. The Morgan fingerprint density at radius 2 is 1.74 bits per heavy atom. The van der Waals surface area contributed by atoms with Gasteiger partial charge in [0, 0.05) is 48.2 Å². The number of amides is 1. The summed E-state index contributed by atoms with van der Waals surface area (Å²) in [5.41, 5.74) is 2.37. The molecule has 1 aromatic heterocycles. The number of methoxy groups -OCH3 is 1. The molecule has 9 heteroatoms. The number of nitrogens with one attached hydrogen (secondary N) is 4. The van der Waals surface area contributed by atoms with Crippen molar-refractivity contribution in [1.29, 1.82) is 0 Å². The predicted molar refractivity (Wildman–Crippen MR) is 125 cm³/mol. The van der Waals surface area contributed by atoms with Gasteiger partial charge in [-0.05, 0) is 67.9 Å². The van der Waals surface area contributed by atoms with Crippen LogP contribution in [0, 0.1) is 0 Å². The van der Waals surface area contributed by atoms with E-state index in [1.807, 2.05) is 49.5 Å². The van der Waals surface area contributed by atoms with E-state index >= 15 is 0 Å². The van der Waals surface area contributed by atoms with Crippen LogP contribution in [0.25, 0.3) is 0 Å². The number of carbonyl (C=O) groups excluding carboxylic acids is 1. The summed E-state index contributed by atoms with van der Waals surface area (Å²) in [6.45, 7) is 1.21. The minimum atomic E-state index is -0.102. The van der Waals surface area contributed by atoms with Crippen LogP contribution in [0.4, 0.5) is 23.0 Å². The maximum Gasteiger partial charge on any atom is 0.251 e. The standard InChI is InChI=1S/C22H26N6O2S/c1-23-31-19-6-3-5-18(13-19)28-21-14-20(25-15-26-21)27-17-9-7-16(8-10-17)22(29)24-11-4-12-30-2/h3,5-10,13-15,23H,4,11-12H2,1-2H3,(H,24,29)(H2,25,26,27,28). The van der Waals surface area contributed by atoms with Crippen molar-refractivity contribution in [1.82, 2.24) is 20.0 Å². The summed E-state index contributed by atoms with van der Waals surface area (Å²) in [4.78, 5) is 21.8. The van der Waals surface area contributed by atoms with Gasteiger partial charge in [0.25, 0.3) is 5.91 Å². The first-order valence-corrected chi connectivity index (χ1v) is 10.7. The Labute approximate surface area is 186 Å². The Morgan fingerprint density at radius 3 is 2.45 bits per heavy atom. The Morgan fingerprint density at radius 1 is 1.00 bits per heavy atom. The molecule has 8 nitrogen and oxygen atoms in total. The lowest BCUT2D eigenvalue weighted by molar-refractivity contribution is 0.0948. The van der Waals surface area contributed by atoms with Crippen molar-refractivity contribution in [2.24, 2.45) is 0 Å². The zero-order valence-corrected chi connectivity index (χ0v) is 18.3. The van der Waals surface area contributed by atoms with E-state index in [1.54, 1.807) is 31.2 Å². The molecule has 0 unspecified atom stereocenters. The van der Waals surface area contributed by atoms with Gasteiger partial charge in [-0.3, -0.25) is 9.52 Å². The molecule has 3 rings (SSSR count). The molecule has 2 aromatic carbocycles. The van der Waals surface area contributed by atoms with Crippen LogP contribution in [-0.2, 0) is 4.74 Å². The van der Waals surface area contributed by atoms with Crippen LogP contribution in [0.2, 0.25) is 0 Å². The van der Waals surface area contributed by atoms with Gasteiger partial charge in [0.05, 0.1) is 0 Å². The molecule has 0 atom stereocenters. The molecule has 1 amide bonds. The van der Waals surface area contributed by atoms with Crippen LogP contribution in [0.1, 0.15) is 16.8 Å². The lowest BCUT2D eigenvalue weighted by Gasteiger charge is -2.10. The van der Waals surface area contributed by atoms with E-state index in [-0.39, 0.29) is 5.91 Å². The normalized spacial score (nSPS) is 10.5. The van der Waals surface area contributed by atoms with Crippen molar-refractivity contribution in [3.63, 3.8) is 0 Å². The minimum Gasteiger partial charge on any atom is -0.385 e. The number of anilines is 4. The summed E-state index contributed by atoms with van der Waals surface area (Å²) < 4.78 is 8.04. The van der Waals surface area contributed by atoms with Gasteiger partial charge < -0.3 is 20.7 Å². The second kappa shape index (κ2) is 11.9. The van der Waals surface area contributed by atoms with Gasteiger partial charge in [0.2, 0.25) is 0 Å². The average Bonchev–Trinajstić information content (AvgIpc) is 2.78. The molecule has 0 aliphatic heterocycles. The van der Waals surface area contributed by atoms with Gasteiger partial charge in [-0.1, -0.05) is 6.07 Å². The highest BCUT2D eigenvalue weighted by molar-refractivity contribution is 7.97. The van der Waals surface area contributed by atoms with Crippen molar-refractivity contribution < 1.29 is 9.53 Å². The quantitative estimate of drug-likeness (QED) is 0.264. The molecule has 0 spiro atoms. The van der Waals surface area contributed by atoms with Gasteiger partial charge in [-0.2, -0.15) is 0 Å². The van der Waals surface area contributed by atoms with Gasteiger partial charge in [0.15, 0.2) is 0 Å². The third kappa shape index (κ3) is 7.25. The fraction of sp³-hybridized carbons (Fsp3) is 0.227. The van der Waals surface area contributed by atoms with E-state index < -0.39 is 0 Å². The van der Waals surface area contributed by atoms with Crippen LogP contribution in [0.15, 0.2) is 65.8 Å². The van der Waals surface area contributed by atoms with Gasteiger partial charge in [-0.15, -0.1) is 0 Å². The molecule has 0 aliphatic rings. The van der Waals surface area contributed by atoms with Crippen LogP contribution >= 0.6 is 11.9 Å². The van der Waals surface area contributed by atoms with E-state index in [2.05, 4.69) is 30.6 Å². The number of hydrogen-bond donors (Lipinski definition) is 4. The Hall–Kier alpha value is -3.14. The topological polar surface area (TPSA) is 100 Å². The molecule has 0 aliphatic carbocycles. The van der Waals surface area contributed by atoms with Crippen molar-refractivity contribution in [3.05, 3.63) is 66.5 Å². The van der Waals surface area contributed by atoms with Crippen molar-refractivity contribution in [2.75, 3.05) is 37.9 Å². The first-order valence-electron chi connectivity index (χ1n) is 9.85. The second-order valence-corrected chi connectivity index (χ2v) is 7.64. The van der Waals surface area contributed by atoms with E-state index in [4.69, 9.17) is 4.74 Å². The molecule has 0 saturated heterocycles. The number of aromatic nitrogens is 2. The molecule has 0 saturated carbocycles. The predicted octanol–water partition coefficient (Wildman–Crippen LogP) is 3.96. The summed E-state index contributed by atoms with van der Waals surface area (Å²) in [7, 11) is 3.53. The summed E-state index contributed by atoms with van der Waals surface area (Å²) in [5, 5.41) is 9.39. The molecular weight excluding hydrogens is 412 g/mol. The summed E-state index contributed by atoms with van der Waals surface area (Å²) in [5.74, 6) is 1.22. The number of ether oxygens (including phenoxy) is 1. The number of carbonyl (C=O) groups is 1. The maximum atomic E-state index is 12.2. The largest absolute Gasteiger partial charge is 0.385 e. The summed E-state index contributed by atoms with van der Waals surface area (Å²) in [6.07, 6.45) is 2.28. The summed E-state index contributed by atoms with van der Waals surface area (Å²) in [6, 6.07) is 17.1. The van der Waals surface area contributed by atoms with Crippen molar-refractivity contribution >= 4 is 40.9 Å². The minimum absolute atomic E-state index is 0.102. The second-order valence-electron chi connectivity index (χ2n) is 6.55. The van der Waals surface area contributed by atoms with Crippen molar-refractivity contribution in [3.8, 4) is 0 Å². The van der Waals surface area contributed by atoms with E-state index in [9.17, 15) is 4.79 Å². The molecule has 31 heavy (non-hydrogen) atoms. The Kier molecular flexibility index (Phi) is 8.65. The first-order chi connectivity index (χ1) is 15.2. The molecule has 4 N–H and O–H groups in total. The highest BCUT2D eigenvalue weighted by Gasteiger charge is 2.06. The fourth-order valence-electron chi connectivity index (χ4n) is 2.77. The van der Waals surface area contributed by atoms with Crippen LogP contribution in [0.3, 0.4) is 0 Å². The number of rotatable bonds is 11. The van der Waals surface area contributed by atoms with Crippen LogP contribution < -0.4 is 20.7 Å². The smallest absolute Gasteiger partial charge is 0.251 e.